The Labute approximate surface area is 82.5 Å². The zero-order chi connectivity index (χ0) is 11.4. The fourth-order valence-electron chi connectivity index (χ4n) is 0.844. The topological polar surface area (TPSA) is 38.7 Å². The van der Waals surface area contributed by atoms with Crippen LogP contribution in [0.15, 0.2) is 12.1 Å². The Morgan fingerprint density at radius 1 is 1.13 bits per heavy atom. The van der Waals surface area contributed by atoms with Gasteiger partial charge in [0.1, 0.15) is 5.75 Å². The van der Waals surface area contributed by atoms with Crippen LogP contribution in [0.1, 0.15) is 0 Å². The molecule has 0 aliphatic heterocycles. The van der Waals surface area contributed by atoms with Crippen molar-refractivity contribution >= 4 is 7.69 Å². The van der Waals surface area contributed by atoms with E-state index in [0.29, 0.717) is 12.1 Å². The van der Waals surface area contributed by atoms with E-state index in [1.807, 2.05) is 0 Å². The first-order chi connectivity index (χ1) is 7.04. The average Bonchev–Trinajstić information content (AvgIpc) is 2.13. The predicted octanol–water partition coefficient (Wildman–Crippen LogP) is 1.47. The first-order valence-electron chi connectivity index (χ1n) is 3.61. The van der Waals surface area contributed by atoms with Crippen molar-refractivity contribution in [1.82, 2.24) is 0 Å². The van der Waals surface area contributed by atoms with Crippen molar-refractivity contribution in [2.45, 2.75) is 6.61 Å². The SMILES string of the molecule is O[B]Oc1cc(F)c(OC(F)F)cc1F. The molecular weight excluding hydrogens is 219 g/mol. The smallest absolute Gasteiger partial charge is 0.535 e. The maximum atomic E-state index is 12.9. The molecule has 1 rings (SSSR count). The zero-order valence-corrected chi connectivity index (χ0v) is 7.08. The number of hydrogen-bond acceptors (Lipinski definition) is 3. The summed E-state index contributed by atoms with van der Waals surface area (Å²) in [6.07, 6.45) is 0. The fraction of sp³-hybridized carbons (Fsp3) is 0.143. The van der Waals surface area contributed by atoms with Gasteiger partial charge >= 0.3 is 14.3 Å². The van der Waals surface area contributed by atoms with Gasteiger partial charge in [0.05, 0.1) is 0 Å². The van der Waals surface area contributed by atoms with Crippen LogP contribution in [-0.2, 0) is 0 Å². The van der Waals surface area contributed by atoms with Crippen molar-refractivity contribution in [3.63, 3.8) is 0 Å². The van der Waals surface area contributed by atoms with Gasteiger partial charge < -0.3 is 14.4 Å². The monoisotopic (exact) mass is 223 g/mol. The lowest BCUT2D eigenvalue weighted by atomic mass is 10.3. The molecule has 1 aromatic carbocycles. The lowest BCUT2D eigenvalue weighted by molar-refractivity contribution is -0.0524. The van der Waals surface area contributed by atoms with E-state index in [1.165, 1.54) is 0 Å². The van der Waals surface area contributed by atoms with Crippen LogP contribution in [0.5, 0.6) is 11.5 Å². The number of ether oxygens (including phenoxy) is 1. The molecule has 0 bridgehead atoms. The Balaban J connectivity index is 2.97. The Hall–Kier alpha value is -1.44. The third kappa shape index (κ3) is 3.02. The highest BCUT2D eigenvalue weighted by Crippen LogP contribution is 2.27. The normalized spacial score (nSPS) is 10.3. The summed E-state index contributed by atoms with van der Waals surface area (Å²) in [7, 11) is 0.130. The number of hydrogen-bond donors (Lipinski definition) is 1. The minimum absolute atomic E-state index is 0.130. The van der Waals surface area contributed by atoms with Gasteiger partial charge in [-0.2, -0.15) is 8.78 Å². The number of benzene rings is 1. The minimum atomic E-state index is -3.25. The van der Waals surface area contributed by atoms with Crippen molar-refractivity contribution in [3.8, 4) is 11.5 Å². The summed E-state index contributed by atoms with van der Waals surface area (Å²) in [4.78, 5) is 0. The van der Waals surface area contributed by atoms with Gasteiger partial charge in [-0.15, -0.1) is 0 Å². The largest absolute Gasteiger partial charge is 0.569 e. The maximum absolute atomic E-state index is 12.9. The van der Waals surface area contributed by atoms with Crippen LogP contribution < -0.4 is 9.39 Å². The summed E-state index contributed by atoms with van der Waals surface area (Å²) in [6, 6.07) is 0.861. The van der Waals surface area contributed by atoms with Crippen LogP contribution in [-0.4, -0.2) is 19.3 Å². The molecule has 8 heteroatoms. The van der Waals surface area contributed by atoms with E-state index in [1.54, 1.807) is 0 Å². The van der Waals surface area contributed by atoms with Crippen LogP contribution >= 0.6 is 0 Å². The first-order valence-corrected chi connectivity index (χ1v) is 3.61. The molecule has 0 spiro atoms. The molecule has 81 valence electrons. The second-order valence-corrected chi connectivity index (χ2v) is 2.31. The van der Waals surface area contributed by atoms with E-state index in [-0.39, 0.29) is 7.69 Å². The highest BCUT2D eigenvalue weighted by molar-refractivity contribution is 6.17. The van der Waals surface area contributed by atoms with Crippen molar-refractivity contribution < 1.29 is 32.0 Å². The summed E-state index contributed by atoms with van der Waals surface area (Å²) < 4.78 is 57.0. The minimum Gasteiger partial charge on any atom is -0.535 e. The lowest BCUT2D eigenvalue weighted by Crippen LogP contribution is -2.06. The molecule has 15 heavy (non-hydrogen) atoms. The summed E-state index contributed by atoms with van der Waals surface area (Å²) in [5.41, 5.74) is 0. The van der Waals surface area contributed by atoms with Gasteiger partial charge in [0.25, 0.3) is 0 Å². The molecule has 0 saturated carbocycles. The van der Waals surface area contributed by atoms with Gasteiger partial charge in [-0.25, -0.2) is 8.78 Å². The van der Waals surface area contributed by atoms with E-state index in [2.05, 4.69) is 9.39 Å². The molecule has 0 aliphatic carbocycles. The third-order valence-electron chi connectivity index (χ3n) is 1.38. The van der Waals surface area contributed by atoms with Gasteiger partial charge in [0.2, 0.25) is 0 Å². The van der Waals surface area contributed by atoms with Gasteiger partial charge in [-0.3, -0.25) is 0 Å². The predicted molar refractivity (Wildman–Crippen MR) is 41.6 cm³/mol. The van der Waals surface area contributed by atoms with Gasteiger partial charge in [-0.05, 0) is 0 Å². The van der Waals surface area contributed by atoms with E-state index >= 15 is 0 Å². The van der Waals surface area contributed by atoms with Crippen molar-refractivity contribution in [2.24, 2.45) is 0 Å². The summed E-state index contributed by atoms with van der Waals surface area (Å²) >= 11 is 0. The molecule has 0 aromatic heterocycles. The molecule has 0 heterocycles. The summed E-state index contributed by atoms with van der Waals surface area (Å²) in [6.45, 7) is -3.25. The quantitative estimate of drug-likeness (QED) is 0.620. The fourth-order valence-corrected chi connectivity index (χ4v) is 0.844. The van der Waals surface area contributed by atoms with Crippen molar-refractivity contribution in [3.05, 3.63) is 23.8 Å². The zero-order valence-electron chi connectivity index (χ0n) is 7.08. The molecule has 1 aromatic rings. The Morgan fingerprint density at radius 3 is 2.20 bits per heavy atom. The highest BCUT2D eigenvalue weighted by Gasteiger charge is 2.15. The molecule has 1 N–H and O–H groups in total. The van der Waals surface area contributed by atoms with Crippen LogP contribution in [0.3, 0.4) is 0 Å². The Bertz CT molecular complexity index is 347. The molecule has 0 atom stereocenters. The molecule has 0 fully saturated rings. The molecular formula is C7H4BF4O3. The van der Waals surface area contributed by atoms with E-state index in [4.69, 9.17) is 5.02 Å². The van der Waals surface area contributed by atoms with Crippen LogP contribution in [0.2, 0.25) is 0 Å². The number of rotatable bonds is 4. The first kappa shape index (κ1) is 11.6. The van der Waals surface area contributed by atoms with E-state index in [9.17, 15) is 17.6 Å². The van der Waals surface area contributed by atoms with Crippen molar-refractivity contribution in [2.75, 3.05) is 0 Å². The van der Waals surface area contributed by atoms with Gasteiger partial charge in [0.15, 0.2) is 17.4 Å². The molecule has 0 aliphatic rings. The van der Waals surface area contributed by atoms with E-state index in [0.717, 1.165) is 0 Å². The molecule has 0 amide bonds. The Morgan fingerprint density at radius 2 is 1.67 bits per heavy atom. The highest BCUT2D eigenvalue weighted by atomic mass is 19.3. The van der Waals surface area contributed by atoms with Crippen molar-refractivity contribution in [1.29, 1.82) is 0 Å². The Kier molecular flexibility index (Phi) is 3.78. The van der Waals surface area contributed by atoms with Gasteiger partial charge in [-0.1, -0.05) is 0 Å². The average molecular weight is 223 g/mol. The molecule has 0 unspecified atom stereocenters. The number of halogens is 4. The summed E-state index contributed by atoms with van der Waals surface area (Å²) in [5, 5.41) is 8.16. The second kappa shape index (κ2) is 4.88. The molecule has 1 radical (unpaired) electrons. The third-order valence-corrected chi connectivity index (χ3v) is 1.38. The maximum Gasteiger partial charge on any atom is 0.569 e. The lowest BCUT2D eigenvalue weighted by Gasteiger charge is -2.08. The standard InChI is InChI=1S/C7H4BF4O3/c9-3-2-6(15-8-13)4(10)1-5(3)14-7(11)12/h1-2,7,13H. The molecule has 3 nitrogen and oxygen atoms in total. The van der Waals surface area contributed by atoms with Crippen LogP contribution in [0.25, 0.3) is 0 Å². The second-order valence-electron chi connectivity index (χ2n) is 2.31. The van der Waals surface area contributed by atoms with Gasteiger partial charge in [0, 0.05) is 12.1 Å². The number of alkyl halides is 2. The summed E-state index contributed by atoms with van der Waals surface area (Å²) in [5.74, 6) is -3.95. The van der Waals surface area contributed by atoms with Crippen LogP contribution in [0, 0.1) is 11.6 Å². The van der Waals surface area contributed by atoms with E-state index < -0.39 is 29.7 Å². The van der Waals surface area contributed by atoms with Crippen LogP contribution in [0.4, 0.5) is 17.6 Å². The molecule has 0 saturated heterocycles.